The molecule has 1 rings (SSSR count). The van der Waals surface area contributed by atoms with Crippen LogP contribution in [-0.2, 0) is 10.2 Å². The van der Waals surface area contributed by atoms with Gasteiger partial charge in [-0.2, -0.15) is 0 Å². The van der Waals surface area contributed by atoms with Crippen molar-refractivity contribution in [1.29, 1.82) is 0 Å². The lowest BCUT2D eigenvalue weighted by atomic mass is 9.78. The van der Waals surface area contributed by atoms with Crippen molar-refractivity contribution in [2.75, 3.05) is 13.6 Å². The molecule has 0 aromatic heterocycles. The molecular weight excluding hydrogens is 268 g/mol. The largest absolute Gasteiger partial charge is 0.481 e. The molecule has 0 fully saturated rings. The van der Waals surface area contributed by atoms with Gasteiger partial charge < -0.3 is 15.3 Å². The van der Waals surface area contributed by atoms with Gasteiger partial charge in [-0.3, -0.25) is 4.79 Å². The summed E-state index contributed by atoms with van der Waals surface area (Å²) in [5, 5.41) is 11.6. The molecule has 0 aliphatic heterocycles. The standard InChI is InChI=1S/C16H24N2O3/c1-12(16(2,3)13-8-6-5-7-9-13)17-15(21)18(4)11-10-14(19)20/h5-9,12H,10-11H2,1-4H3,(H,17,21)(H,19,20). The van der Waals surface area contributed by atoms with Crippen LogP contribution in [0.15, 0.2) is 30.3 Å². The number of carboxylic acids is 1. The van der Waals surface area contributed by atoms with Crippen LogP contribution >= 0.6 is 0 Å². The average molecular weight is 292 g/mol. The Morgan fingerprint density at radius 1 is 1.29 bits per heavy atom. The van der Waals surface area contributed by atoms with Gasteiger partial charge in [0.05, 0.1) is 6.42 Å². The number of carbonyl (C=O) groups is 2. The van der Waals surface area contributed by atoms with Crippen LogP contribution < -0.4 is 5.32 Å². The van der Waals surface area contributed by atoms with E-state index in [-0.39, 0.29) is 30.5 Å². The predicted molar refractivity (Wildman–Crippen MR) is 82.3 cm³/mol. The van der Waals surface area contributed by atoms with Gasteiger partial charge in [0.25, 0.3) is 0 Å². The number of hydrogen-bond acceptors (Lipinski definition) is 2. The molecule has 0 spiro atoms. The van der Waals surface area contributed by atoms with Crippen molar-refractivity contribution in [3.8, 4) is 0 Å². The maximum absolute atomic E-state index is 12.1. The van der Waals surface area contributed by atoms with Crippen molar-refractivity contribution in [1.82, 2.24) is 10.2 Å². The zero-order valence-electron chi connectivity index (χ0n) is 13.1. The summed E-state index contributed by atoms with van der Waals surface area (Å²) in [6.07, 6.45) is -0.0552. The second-order valence-corrected chi connectivity index (χ2v) is 5.82. The van der Waals surface area contributed by atoms with Crippen molar-refractivity contribution in [3.63, 3.8) is 0 Å². The Bertz CT molecular complexity index is 486. The van der Waals surface area contributed by atoms with Crippen LogP contribution in [0.4, 0.5) is 4.79 Å². The number of nitrogens with zero attached hydrogens (tertiary/aromatic N) is 1. The van der Waals surface area contributed by atoms with E-state index in [1.54, 1.807) is 7.05 Å². The Labute approximate surface area is 126 Å². The predicted octanol–water partition coefficient (Wildman–Crippen LogP) is 2.47. The number of rotatable bonds is 6. The molecule has 1 aromatic rings. The maximum Gasteiger partial charge on any atom is 0.317 e. The van der Waals surface area contributed by atoms with Crippen LogP contribution in [-0.4, -0.2) is 41.6 Å². The molecule has 1 aromatic carbocycles. The van der Waals surface area contributed by atoms with E-state index in [0.29, 0.717) is 0 Å². The first kappa shape index (κ1) is 17.0. The van der Waals surface area contributed by atoms with Gasteiger partial charge in [0.1, 0.15) is 0 Å². The van der Waals surface area contributed by atoms with Crippen LogP contribution in [0.1, 0.15) is 32.8 Å². The molecule has 21 heavy (non-hydrogen) atoms. The lowest BCUT2D eigenvalue weighted by molar-refractivity contribution is -0.137. The first-order valence-corrected chi connectivity index (χ1v) is 7.04. The fraction of sp³-hybridized carbons (Fsp3) is 0.500. The lowest BCUT2D eigenvalue weighted by Crippen LogP contribution is -2.49. The van der Waals surface area contributed by atoms with Crippen molar-refractivity contribution >= 4 is 12.0 Å². The molecule has 116 valence electrons. The van der Waals surface area contributed by atoms with Crippen LogP contribution in [0.2, 0.25) is 0 Å². The highest BCUT2D eigenvalue weighted by Gasteiger charge is 2.29. The zero-order chi connectivity index (χ0) is 16.0. The number of aliphatic carboxylic acids is 1. The second kappa shape index (κ2) is 7.11. The molecule has 2 N–H and O–H groups in total. The fourth-order valence-electron chi connectivity index (χ4n) is 1.96. The summed E-state index contributed by atoms with van der Waals surface area (Å²) >= 11 is 0. The third-order valence-corrected chi connectivity index (χ3v) is 3.95. The highest BCUT2D eigenvalue weighted by molar-refractivity contribution is 5.75. The molecule has 5 nitrogen and oxygen atoms in total. The van der Waals surface area contributed by atoms with E-state index in [4.69, 9.17) is 5.11 Å². The molecule has 0 aliphatic rings. The van der Waals surface area contributed by atoms with Crippen LogP contribution in [0.25, 0.3) is 0 Å². The molecule has 2 amide bonds. The number of benzene rings is 1. The van der Waals surface area contributed by atoms with Gasteiger partial charge in [-0.1, -0.05) is 44.2 Å². The van der Waals surface area contributed by atoms with Gasteiger partial charge in [0.2, 0.25) is 0 Å². The van der Waals surface area contributed by atoms with E-state index in [1.807, 2.05) is 37.3 Å². The summed E-state index contributed by atoms with van der Waals surface area (Å²) in [5.74, 6) is -0.910. The molecule has 0 bridgehead atoms. The Kier molecular flexibility index (Phi) is 5.76. The highest BCUT2D eigenvalue weighted by Crippen LogP contribution is 2.26. The monoisotopic (exact) mass is 292 g/mol. The molecule has 1 unspecified atom stereocenters. The molecule has 0 heterocycles. The third kappa shape index (κ3) is 4.77. The molecule has 0 saturated carbocycles. The summed E-state index contributed by atoms with van der Waals surface area (Å²) in [6, 6.07) is 9.65. The number of carboxylic acid groups (broad SMARTS) is 1. The van der Waals surface area contributed by atoms with E-state index in [2.05, 4.69) is 19.2 Å². The number of hydrogen-bond donors (Lipinski definition) is 2. The summed E-state index contributed by atoms with van der Waals surface area (Å²) in [7, 11) is 1.60. The van der Waals surface area contributed by atoms with Gasteiger partial charge in [0, 0.05) is 25.0 Å². The SMILES string of the molecule is CC(NC(=O)N(C)CCC(=O)O)C(C)(C)c1ccccc1. The summed E-state index contributed by atoms with van der Waals surface area (Å²) < 4.78 is 0. The quantitative estimate of drug-likeness (QED) is 0.846. The minimum atomic E-state index is -0.910. The normalized spacial score (nSPS) is 12.6. The minimum absolute atomic E-state index is 0.0552. The first-order chi connectivity index (χ1) is 9.75. The second-order valence-electron chi connectivity index (χ2n) is 5.82. The molecular formula is C16H24N2O3. The van der Waals surface area contributed by atoms with E-state index >= 15 is 0 Å². The van der Waals surface area contributed by atoms with E-state index in [1.165, 1.54) is 4.90 Å². The fourth-order valence-corrected chi connectivity index (χ4v) is 1.96. The van der Waals surface area contributed by atoms with Crippen molar-refractivity contribution in [3.05, 3.63) is 35.9 Å². The Morgan fingerprint density at radius 3 is 2.38 bits per heavy atom. The average Bonchev–Trinajstić information content (AvgIpc) is 2.45. The van der Waals surface area contributed by atoms with Gasteiger partial charge >= 0.3 is 12.0 Å². The van der Waals surface area contributed by atoms with Gasteiger partial charge in [-0.25, -0.2) is 4.79 Å². The Balaban J connectivity index is 2.65. The Morgan fingerprint density at radius 2 is 1.86 bits per heavy atom. The number of urea groups is 1. The molecule has 1 atom stereocenters. The summed E-state index contributed by atoms with van der Waals surface area (Å²) in [6.45, 7) is 6.30. The third-order valence-electron chi connectivity index (χ3n) is 3.95. The molecule has 5 heteroatoms. The van der Waals surface area contributed by atoms with Crippen molar-refractivity contribution < 1.29 is 14.7 Å². The van der Waals surface area contributed by atoms with Crippen molar-refractivity contribution in [2.45, 2.75) is 38.6 Å². The van der Waals surface area contributed by atoms with Crippen LogP contribution in [0.3, 0.4) is 0 Å². The highest BCUT2D eigenvalue weighted by atomic mass is 16.4. The minimum Gasteiger partial charge on any atom is -0.481 e. The lowest BCUT2D eigenvalue weighted by Gasteiger charge is -2.34. The summed E-state index contributed by atoms with van der Waals surface area (Å²) in [4.78, 5) is 24.0. The Hall–Kier alpha value is -2.04. The van der Waals surface area contributed by atoms with E-state index < -0.39 is 5.97 Å². The van der Waals surface area contributed by atoms with E-state index in [0.717, 1.165) is 5.56 Å². The van der Waals surface area contributed by atoms with Gasteiger partial charge in [-0.15, -0.1) is 0 Å². The van der Waals surface area contributed by atoms with Crippen LogP contribution in [0, 0.1) is 0 Å². The zero-order valence-corrected chi connectivity index (χ0v) is 13.1. The first-order valence-electron chi connectivity index (χ1n) is 7.04. The number of carbonyl (C=O) groups excluding carboxylic acids is 1. The van der Waals surface area contributed by atoms with E-state index in [9.17, 15) is 9.59 Å². The summed E-state index contributed by atoms with van der Waals surface area (Å²) in [5.41, 5.74) is 0.927. The molecule has 0 aliphatic carbocycles. The molecule has 0 saturated heterocycles. The topological polar surface area (TPSA) is 69.6 Å². The number of nitrogens with one attached hydrogen (secondary N) is 1. The number of amides is 2. The smallest absolute Gasteiger partial charge is 0.317 e. The van der Waals surface area contributed by atoms with Gasteiger partial charge in [0.15, 0.2) is 0 Å². The van der Waals surface area contributed by atoms with Gasteiger partial charge in [-0.05, 0) is 12.5 Å². The molecule has 0 radical (unpaired) electrons. The maximum atomic E-state index is 12.1. The van der Waals surface area contributed by atoms with Crippen LogP contribution in [0.5, 0.6) is 0 Å². The van der Waals surface area contributed by atoms with Crippen molar-refractivity contribution in [2.24, 2.45) is 0 Å².